The van der Waals surface area contributed by atoms with Crippen LogP contribution >= 0.6 is 0 Å². The summed E-state index contributed by atoms with van der Waals surface area (Å²) in [6.07, 6.45) is -0.0975. The van der Waals surface area contributed by atoms with E-state index in [2.05, 4.69) is 5.32 Å². The summed E-state index contributed by atoms with van der Waals surface area (Å²) in [5, 5.41) is 12.6. The van der Waals surface area contributed by atoms with Crippen LogP contribution in [-0.4, -0.2) is 22.8 Å². The van der Waals surface area contributed by atoms with E-state index in [1.54, 1.807) is 20.8 Å². The van der Waals surface area contributed by atoms with Gasteiger partial charge in [0.1, 0.15) is 5.60 Å². The lowest BCUT2D eigenvalue weighted by molar-refractivity contribution is -0.146. The molecule has 126 valence electrons. The van der Waals surface area contributed by atoms with Crippen LogP contribution in [0.15, 0.2) is 30.3 Å². The molecule has 0 aliphatic heterocycles. The second kappa shape index (κ2) is 5.55. The number of benzene rings is 1. The molecular weight excluding hydrogens is 294 g/mol. The van der Waals surface area contributed by atoms with Crippen molar-refractivity contribution < 1.29 is 19.4 Å². The Labute approximate surface area is 137 Å². The maximum absolute atomic E-state index is 12.2. The van der Waals surface area contributed by atoms with Crippen LogP contribution in [0.1, 0.15) is 52.6 Å². The van der Waals surface area contributed by atoms with Gasteiger partial charge in [-0.1, -0.05) is 44.2 Å². The number of hydrogen-bond acceptors (Lipinski definition) is 3. The van der Waals surface area contributed by atoms with Crippen molar-refractivity contribution in [3.8, 4) is 0 Å². The number of hydrogen-bond donors (Lipinski definition) is 2. The smallest absolute Gasteiger partial charge is 0.408 e. The zero-order chi connectivity index (χ0) is 17.5. The molecule has 1 fully saturated rings. The molecule has 23 heavy (non-hydrogen) atoms. The normalized spacial score (nSPS) is 23.7. The molecule has 1 aromatic carbocycles. The molecule has 1 amide bonds. The summed E-state index contributed by atoms with van der Waals surface area (Å²) >= 11 is 0. The minimum atomic E-state index is -1.02. The SMILES string of the molecule is CC(C)(C)OC(=O)NC(c1ccccc1)C1(C(=O)O)CC1(C)C. The molecule has 2 atom stereocenters. The van der Waals surface area contributed by atoms with Crippen molar-refractivity contribution in [3.05, 3.63) is 35.9 Å². The highest BCUT2D eigenvalue weighted by Gasteiger charge is 2.71. The van der Waals surface area contributed by atoms with Crippen molar-refractivity contribution in [1.82, 2.24) is 5.32 Å². The van der Waals surface area contributed by atoms with Crippen LogP contribution < -0.4 is 5.32 Å². The summed E-state index contributed by atoms with van der Waals surface area (Å²) in [6, 6.07) is 8.57. The number of carbonyl (C=O) groups is 2. The number of nitrogens with one attached hydrogen (secondary N) is 1. The molecule has 0 heterocycles. The van der Waals surface area contributed by atoms with E-state index >= 15 is 0 Å². The third-order valence-corrected chi connectivity index (χ3v) is 4.47. The van der Waals surface area contributed by atoms with Crippen LogP contribution in [0.3, 0.4) is 0 Å². The highest BCUT2D eigenvalue weighted by atomic mass is 16.6. The molecule has 1 aliphatic carbocycles. The van der Waals surface area contributed by atoms with Gasteiger partial charge in [0.25, 0.3) is 0 Å². The van der Waals surface area contributed by atoms with Crippen LogP contribution in [0.5, 0.6) is 0 Å². The summed E-state index contributed by atoms with van der Waals surface area (Å²) < 4.78 is 5.32. The first-order chi connectivity index (χ1) is 10.5. The van der Waals surface area contributed by atoms with Gasteiger partial charge in [-0.2, -0.15) is 0 Å². The number of rotatable bonds is 4. The average molecular weight is 319 g/mol. The van der Waals surface area contributed by atoms with Crippen molar-refractivity contribution in [1.29, 1.82) is 0 Å². The number of aliphatic carboxylic acids is 1. The molecule has 0 bridgehead atoms. The fourth-order valence-electron chi connectivity index (χ4n) is 3.20. The first-order valence-corrected chi connectivity index (χ1v) is 7.77. The largest absolute Gasteiger partial charge is 0.481 e. The van der Waals surface area contributed by atoms with Crippen molar-refractivity contribution in [3.63, 3.8) is 0 Å². The fraction of sp³-hybridized carbons (Fsp3) is 0.556. The van der Waals surface area contributed by atoms with Gasteiger partial charge in [0.2, 0.25) is 0 Å². The Morgan fingerprint density at radius 3 is 2.13 bits per heavy atom. The number of amides is 1. The Bertz CT molecular complexity index is 603. The van der Waals surface area contributed by atoms with E-state index in [1.807, 2.05) is 44.2 Å². The number of carbonyl (C=O) groups excluding carboxylic acids is 1. The number of carboxylic acids is 1. The van der Waals surface area contributed by atoms with Gasteiger partial charge in [-0.3, -0.25) is 4.79 Å². The Morgan fingerprint density at radius 1 is 1.22 bits per heavy atom. The van der Waals surface area contributed by atoms with Gasteiger partial charge >= 0.3 is 12.1 Å². The van der Waals surface area contributed by atoms with Crippen LogP contribution in [0.2, 0.25) is 0 Å². The van der Waals surface area contributed by atoms with Crippen molar-refractivity contribution >= 4 is 12.1 Å². The van der Waals surface area contributed by atoms with Gasteiger partial charge in [-0.15, -0.1) is 0 Å². The third-order valence-electron chi connectivity index (χ3n) is 4.47. The second-order valence-corrected chi connectivity index (χ2v) is 7.83. The van der Waals surface area contributed by atoms with Crippen LogP contribution in [0, 0.1) is 10.8 Å². The highest BCUT2D eigenvalue weighted by Crippen LogP contribution is 2.69. The van der Waals surface area contributed by atoms with E-state index in [0.717, 1.165) is 5.56 Å². The summed E-state index contributed by atoms with van der Waals surface area (Å²) in [4.78, 5) is 24.2. The number of carboxylic acid groups (broad SMARTS) is 1. The van der Waals surface area contributed by atoms with Crippen molar-refractivity contribution in [2.24, 2.45) is 10.8 Å². The lowest BCUT2D eigenvalue weighted by Crippen LogP contribution is -2.42. The zero-order valence-electron chi connectivity index (χ0n) is 14.3. The zero-order valence-corrected chi connectivity index (χ0v) is 14.3. The van der Waals surface area contributed by atoms with E-state index in [0.29, 0.717) is 6.42 Å². The Morgan fingerprint density at radius 2 is 1.74 bits per heavy atom. The third kappa shape index (κ3) is 3.33. The van der Waals surface area contributed by atoms with Gasteiger partial charge in [-0.05, 0) is 38.2 Å². The molecule has 2 unspecified atom stereocenters. The van der Waals surface area contributed by atoms with E-state index in [-0.39, 0.29) is 0 Å². The molecule has 2 N–H and O–H groups in total. The van der Waals surface area contributed by atoms with Crippen LogP contribution in [-0.2, 0) is 9.53 Å². The van der Waals surface area contributed by atoms with E-state index in [9.17, 15) is 14.7 Å². The quantitative estimate of drug-likeness (QED) is 0.886. The molecule has 1 aliphatic rings. The van der Waals surface area contributed by atoms with Crippen molar-refractivity contribution in [2.75, 3.05) is 0 Å². The summed E-state index contributed by atoms with van der Waals surface area (Å²) in [7, 11) is 0. The Hall–Kier alpha value is -2.04. The summed E-state index contributed by atoms with van der Waals surface area (Å²) in [6.45, 7) is 9.15. The Kier molecular flexibility index (Phi) is 4.18. The Balaban J connectivity index is 2.35. The van der Waals surface area contributed by atoms with Gasteiger partial charge in [0.15, 0.2) is 0 Å². The maximum Gasteiger partial charge on any atom is 0.408 e. The minimum absolute atomic E-state index is 0.394. The van der Waals surface area contributed by atoms with Gasteiger partial charge in [0, 0.05) is 0 Å². The summed E-state index contributed by atoms with van der Waals surface area (Å²) in [5.74, 6) is -0.896. The molecule has 0 spiro atoms. The molecule has 1 aromatic rings. The van der Waals surface area contributed by atoms with Crippen LogP contribution in [0.25, 0.3) is 0 Å². The first kappa shape index (κ1) is 17.3. The van der Waals surface area contributed by atoms with Gasteiger partial charge < -0.3 is 15.2 Å². The maximum atomic E-state index is 12.2. The number of alkyl carbamates (subject to hydrolysis) is 1. The molecular formula is C18H25NO4. The van der Waals surface area contributed by atoms with Crippen LogP contribution in [0.4, 0.5) is 4.79 Å². The molecule has 2 rings (SSSR count). The van der Waals surface area contributed by atoms with Crippen molar-refractivity contribution in [2.45, 2.75) is 52.7 Å². The fourth-order valence-corrected chi connectivity index (χ4v) is 3.20. The number of ether oxygens (including phenoxy) is 1. The second-order valence-electron chi connectivity index (χ2n) is 7.83. The molecule has 5 nitrogen and oxygen atoms in total. The first-order valence-electron chi connectivity index (χ1n) is 7.77. The molecule has 1 saturated carbocycles. The lowest BCUT2D eigenvalue weighted by Gasteiger charge is -2.30. The molecule has 0 radical (unpaired) electrons. The lowest BCUT2D eigenvalue weighted by atomic mass is 9.83. The van der Waals surface area contributed by atoms with E-state index < -0.39 is 34.5 Å². The average Bonchev–Trinajstić information content (AvgIpc) is 2.99. The minimum Gasteiger partial charge on any atom is -0.481 e. The standard InChI is InChI=1S/C18H25NO4/c1-16(2,3)23-15(22)19-13(12-9-7-6-8-10-12)18(14(20)21)11-17(18,4)5/h6-10,13H,11H2,1-5H3,(H,19,22)(H,20,21). The molecule has 5 heteroatoms. The van der Waals surface area contributed by atoms with E-state index in [1.165, 1.54) is 0 Å². The molecule has 0 saturated heterocycles. The molecule has 0 aromatic heterocycles. The summed E-state index contributed by atoms with van der Waals surface area (Å²) in [5.41, 5.74) is -1.29. The van der Waals surface area contributed by atoms with Gasteiger partial charge in [0.05, 0.1) is 11.5 Å². The monoisotopic (exact) mass is 319 g/mol. The predicted molar refractivity (Wildman–Crippen MR) is 87.0 cm³/mol. The highest BCUT2D eigenvalue weighted by molar-refractivity contribution is 5.82. The predicted octanol–water partition coefficient (Wildman–Crippen LogP) is 3.75. The van der Waals surface area contributed by atoms with Gasteiger partial charge in [-0.25, -0.2) is 4.79 Å². The topological polar surface area (TPSA) is 75.6 Å². The van der Waals surface area contributed by atoms with E-state index in [4.69, 9.17) is 4.74 Å².